The van der Waals surface area contributed by atoms with Gasteiger partial charge in [-0.25, -0.2) is 8.42 Å². The van der Waals surface area contributed by atoms with E-state index in [1.165, 1.54) is 45.2 Å². The maximum absolute atomic E-state index is 12.9. The third-order valence-corrected chi connectivity index (χ3v) is 6.53. The molecule has 0 spiro atoms. The maximum atomic E-state index is 12.9. The van der Waals surface area contributed by atoms with Gasteiger partial charge in [0.05, 0.1) is 17.7 Å². The third kappa shape index (κ3) is 3.75. The molecule has 0 radical (unpaired) electrons. The second kappa shape index (κ2) is 6.75. The molecule has 8 heteroatoms. The molecule has 7 nitrogen and oxygen atoms in total. The quantitative estimate of drug-likeness (QED) is 0.855. The van der Waals surface area contributed by atoms with E-state index in [0.29, 0.717) is 11.4 Å². The molecule has 1 aromatic heterocycles. The van der Waals surface area contributed by atoms with Crippen molar-refractivity contribution in [1.29, 1.82) is 0 Å². The first-order valence-corrected chi connectivity index (χ1v) is 9.55. The summed E-state index contributed by atoms with van der Waals surface area (Å²) in [5.41, 5.74) is 0.403. The lowest BCUT2D eigenvalue weighted by atomic mass is 9.92. The van der Waals surface area contributed by atoms with Gasteiger partial charge in [-0.15, -0.1) is 0 Å². The van der Waals surface area contributed by atoms with Gasteiger partial charge < -0.3 is 9.26 Å². The third-order valence-electron chi connectivity index (χ3n) is 4.10. The van der Waals surface area contributed by atoms with Gasteiger partial charge in [0, 0.05) is 11.5 Å². The van der Waals surface area contributed by atoms with Crippen LogP contribution in [-0.2, 0) is 20.0 Å². The molecule has 1 heterocycles. The smallest absolute Gasteiger partial charge is 0.248 e. The second-order valence-electron chi connectivity index (χ2n) is 7.47. The number of hydrogen-bond donors (Lipinski definition) is 1. The number of nitrogens with zero attached hydrogens (tertiary/aromatic N) is 1. The average molecular weight is 380 g/mol. The summed E-state index contributed by atoms with van der Waals surface area (Å²) in [5.74, 6) is -0.0644. The van der Waals surface area contributed by atoms with E-state index in [4.69, 9.17) is 9.26 Å². The summed E-state index contributed by atoms with van der Waals surface area (Å²) in [6.07, 6.45) is 0. The lowest BCUT2D eigenvalue weighted by molar-refractivity contribution is -0.118. The molecule has 0 aliphatic heterocycles. The summed E-state index contributed by atoms with van der Waals surface area (Å²) in [7, 11) is -2.44. The molecule has 0 aliphatic rings. The van der Waals surface area contributed by atoms with Gasteiger partial charge >= 0.3 is 0 Å². The van der Waals surface area contributed by atoms with E-state index < -0.39 is 20.5 Å². The van der Waals surface area contributed by atoms with Crippen molar-refractivity contribution in [3.05, 3.63) is 36.0 Å². The van der Waals surface area contributed by atoms with Crippen molar-refractivity contribution in [1.82, 2.24) is 5.16 Å². The number of ether oxygens (including phenoxy) is 1. The van der Waals surface area contributed by atoms with E-state index in [2.05, 4.69) is 10.5 Å². The van der Waals surface area contributed by atoms with Crippen molar-refractivity contribution < 1.29 is 22.5 Å². The van der Waals surface area contributed by atoms with Gasteiger partial charge in [0.25, 0.3) is 0 Å². The fraction of sp³-hybridized carbons (Fsp3) is 0.444. The first kappa shape index (κ1) is 20.0. The van der Waals surface area contributed by atoms with Crippen LogP contribution in [0.5, 0.6) is 5.75 Å². The average Bonchev–Trinajstić information content (AvgIpc) is 3.03. The highest BCUT2D eigenvalue weighted by Gasteiger charge is 2.43. The zero-order valence-corrected chi connectivity index (χ0v) is 16.6. The van der Waals surface area contributed by atoms with Crippen LogP contribution < -0.4 is 10.1 Å². The van der Waals surface area contributed by atoms with Gasteiger partial charge in [-0.3, -0.25) is 10.1 Å². The fourth-order valence-electron chi connectivity index (χ4n) is 2.12. The minimum absolute atomic E-state index is 0.0337. The van der Waals surface area contributed by atoms with E-state index in [1.54, 1.807) is 6.07 Å². The van der Waals surface area contributed by atoms with Crippen LogP contribution >= 0.6 is 0 Å². The van der Waals surface area contributed by atoms with E-state index in [1.807, 2.05) is 20.8 Å². The van der Waals surface area contributed by atoms with Crippen molar-refractivity contribution in [2.45, 2.75) is 49.7 Å². The van der Waals surface area contributed by atoms with Crippen LogP contribution in [0.1, 0.15) is 40.3 Å². The number of anilines is 1. The van der Waals surface area contributed by atoms with Crippen molar-refractivity contribution >= 4 is 21.6 Å². The molecule has 0 unspecified atom stereocenters. The molecule has 2 rings (SSSR count). The Balaban J connectivity index is 2.26. The molecule has 0 saturated carbocycles. The molecule has 26 heavy (non-hydrogen) atoms. The summed E-state index contributed by atoms with van der Waals surface area (Å²) < 4.78 is 34.2. The molecule has 142 valence electrons. The number of amides is 1. The first-order chi connectivity index (χ1) is 11.9. The Bertz CT molecular complexity index is 890. The monoisotopic (exact) mass is 380 g/mol. The standard InChI is InChI=1S/C18H24N2O5S/c1-17(2,3)14-11-15(25-20-14)19-16(21)18(4,5)26(22,23)13-9-7-12(24-6)8-10-13/h7-11H,1-6H3,(H,19,21). The van der Waals surface area contributed by atoms with Crippen LogP contribution in [0.2, 0.25) is 0 Å². The number of benzene rings is 1. The lowest BCUT2D eigenvalue weighted by Gasteiger charge is -2.23. The summed E-state index contributed by atoms with van der Waals surface area (Å²) in [6.45, 7) is 8.56. The molecule has 0 aliphatic carbocycles. The summed E-state index contributed by atoms with van der Waals surface area (Å²) >= 11 is 0. The Morgan fingerprint density at radius 2 is 1.69 bits per heavy atom. The highest BCUT2D eigenvalue weighted by Crippen LogP contribution is 2.29. The summed E-state index contributed by atoms with van der Waals surface area (Å²) in [6, 6.07) is 7.48. The molecule has 0 bridgehead atoms. The first-order valence-electron chi connectivity index (χ1n) is 8.07. The Hall–Kier alpha value is -2.35. The fourth-order valence-corrected chi connectivity index (χ4v) is 3.50. The second-order valence-corrected chi connectivity index (χ2v) is 9.97. The Morgan fingerprint density at radius 3 is 2.15 bits per heavy atom. The number of aromatic nitrogens is 1. The summed E-state index contributed by atoms with van der Waals surface area (Å²) in [4.78, 5) is 12.7. The van der Waals surface area contributed by atoms with Gasteiger partial charge in [0.1, 0.15) is 10.5 Å². The highest BCUT2D eigenvalue weighted by molar-refractivity contribution is 7.93. The van der Waals surface area contributed by atoms with E-state index in [0.717, 1.165) is 0 Å². The maximum Gasteiger partial charge on any atom is 0.248 e. The number of sulfone groups is 1. The van der Waals surface area contributed by atoms with Gasteiger partial charge in [0.15, 0.2) is 9.84 Å². The number of methoxy groups -OCH3 is 1. The molecule has 1 aromatic carbocycles. The van der Waals surface area contributed by atoms with E-state index in [-0.39, 0.29) is 16.2 Å². The van der Waals surface area contributed by atoms with Crippen LogP contribution in [0.4, 0.5) is 5.88 Å². The van der Waals surface area contributed by atoms with Crippen LogP contribution in [0.3, 0.4) is 0 Å². The van der Waals surface area contributed by atoms with Gasteiger partial charge in [0.2, 0.25) is 11.8 Å². The topological polar surface area (TPSA) is 98.5 Å². The van der Waals surface area contributed by atoms with Crippen molar-refractivity contribution in [2.24, 2.45) is 0 Å². The largest absolute Gasteiger partial charge is 0.497 e. The van der Waals surface area contributed by atoms with E-state index in [9.17, 15) is 13.2 Å². The number of hydrogen-bond acceptors (Lipinski definition) is 6. The molecular weight excluding hydrogens is 356 g/mol. The highest BCUT2D eigenvalue weighted by atomic mass is 32.2. The number of rotatable bonds is 5. The van der Waals surface area contributed by atoms with Crippen molar-refractivity contribution in [3.8, 4) is 5.75 Å². The lowest BCUT2D eigenvalue weighted by Crippen LogP contribution is -2.44. The molecule has 0 fully saturated rings. The van der Waals surface area contributed by atoms with Crippen LogP contribution in [0.15, 0.2) is 39.8 Å². The molecule has 0 atom stereocenters. The molecular formula is C18H24N2O5S. The van der Waals surface area contributed by atoms with Crippen molar-refractivity contribution in [2.75, 3.05) is 12.4 Å². The Morgan fingerprint density at radius 1 is 1.12 bits per heavy atom. The number of nitrogens with one attached hydrogen (secondary N) is 1. The molecule has 2 aromatic rings. The number of carbonyl (C=O) groups excluding carboxylic acids is 1. The van der Waals surface area contributed by atoms with Gasteiger partial charge in [-0.1, -0.05) is 25.9 Å². The zero-order chi connectivity index (χ0) is 19.8. The van der Waals surface area contributed by atoms with E-state index >= 15 is 0 Å². The molecule has 1 amide bonds. The number of carbonyl (C=O) groups is 1. The Kier molecular flexibility index (Phi) is 5.19. The van der Waals surface area contributed by atoms with Crippen LogP contribution in [0, 0.1) is 0 Å². The minimum atomic E-state index is -3.93. The zero-order valence-electron chi connectivity index (χ0n) is 15.8. The predicted molar refractivity (Wildman–Crippen MR) is 98.1 cm³/mol. The van der Waals surface area contributed by atoms with Crippen LogP contribution in [-0.4, -0.2) is 31.3 Å². The van der Waals surface area contributed by atoms with Crippen LogP contribution in [0.25, 0.3) is 0 Å². The normalized spacial score (nSPS) is 12.7. The molecule has 0 saturated heterocycles. The van der Waals surface area contributed by atoms with Gasteiger partial charge in [-0.2, -0.15) is 0 Å². The SMILES string of the molecule is COc1ccc(S(=O)(=O)C(C)(C)C(=O)Nc2cc(C(C)(C)C)no2)cc1. The Labute approximate surface area is 153 Å². The minimum Gasteiger partial charge on any atom is -0.497 e. The predicted octanol–water partition coefficient (Wildman–Crippen LogP) is 3.17. The van der Waals surface area contributed by atoms with Crippen molar-refractivity contribution in [3.63, 3.8) is 0 Å². The summed E-state index contributed by atoms with van der Waals surface area (Å²) in [5, 5.41) is 6.41. The van der Waals surface area contributed by atoms with Gasteiger partial charge in [-0.05, 0) is 38.1 Å². The molecule has 1 N–H and O–H groups in total.